The molecule has 0 radical (unpaired) electrons. The molecule has 0 aromatic carbocycles. The minimum absolute atomic E-state index is 0. The topological polar surface area (TPSA) is 71.5 Å². The van der Waals surface area contributed by atoms with Crippen molar-refractivity contribution in [3.8, 4) is 5.88 Å². The van der Waals surface area contributed by atoms with E-state index in [1.807, 2.05) is 0 Å². The molecule has 0 saturated carbocycles. The number of hydrogen-bond donors (Lipinski definition) is 1. The molecule has 6 nitrogen and oxygen atoms in total. The van der Waals surface area contributed by atoms with E-state index in [4.69, 9.17) is 0 Å². The van der Waals surface area contributed by atoms with Gasteiger partial charge in [0, 0.05) is 31.2 Å². The number of rotatable bonds is 4. The third kappa shape index (κ3) is 4.96. The van der Waals surface area contributed by atoms with Crippen LogP contribution in [0.15, 0.2) is 23.2 Å². The number of alkyl halides is 3. The van der Waals surface area contributed by atoms with Crippen molar-refractivity contribution >= 4 is 22.4 Å². The van der Waals surface area contributed by atoms with Gasteiger partial charge in [-0.15, -0.1) is 12.4 Å². The van der Waals surface area contributed by atoms with Gasteiger partial charge in [0.15, 0.2) is 6.61 Å². The predicted octanol–water partition coefficient (Wildman–Crippen LogP) is 1.96. The van der Waals surface area contributed by atoms with Crippen LogP contribution in [0.1, 0.15) is 19.3 Å². The van der Waals surface area contributed by atoms with Gasteiger partial charge in [0.1, 0.15) is 4.90 Å². The van der Waals surface area contributed by atoms with Gasteiger partial charge >= 0.3 is 6.18 Å². The molecule has 142 valence electrons. The first kappa shape index (κ1) is 20.2. The quantitative estimate of drug-likeness (QED) is 0.835. The maximum absolute atomic E-state index is 12.7. The Morgan fingerprint density at radius 2 is 1.96 bits per heavy atom. The first-order chi connectivity index (χ1) is 11.2. The molecule has 2 unspecified atom stereocenters. The number of hydrogen-bond acceptors (Lipinski definition) is 5. The van der Waals surface area contributed by atoms with E-state index in [-0.39, 0.29) is 29.2 Å². The van der Waals surface area contributed by atoms with Crippen LogP contribution >= 0.6 is 12.4 Å². The van der Waals surface area contributed by atoms with E-state index in [0.29, 0.717) is 19.1 Å². The number of pyridine rings is 1. The van der Waals surface area contributed by atoms with Crippen molar-refractivity contribution in [2.75, 3.05) is 19.7 Å². The summed E-state index contributed by atoms with van der Waals surface area (Å²) < 4.78 is 67.6. The highest BCUT2D eigenvalue weighted by molar-refractivity contribution is 7.89. The molecule has 0 aliphatic carbocycles. The Balaban J connectivity index is 0.00000225. The predicted molar refractivity (Wildman–Crippen MR) is 86.4 cm³/mol. The van der Waals surface area contributed by atoms with E-state index >= 15 is 0 Å². The zero-order valence-corrected chi connectivity index (χ0v) is 14.8. The van der Waals surface area contributed by atoms with E-state index in [9.17, 15) is 21.6 Å². The van der Waals surface area contributed by atoms with Gasteiger partial charge in [0.25, 0.3) is 0 Å². The average molecular weight is 402 g/mol. The summed E-state index contributed by atoms with van der Waals surface area (Å²) in [6.07, 6.45) is -0.678. The van der Waals surface area contributed by atoms with Gasteiger partial charge in [-0.2, -0.15) is 17.5 Å². The molecular formula is C14H19ClF3N3O3S. The number of nitrogens with zero attached hydrogens (tertiary/aromatic N) is 2. The van der Waals surface area contributed by atoms with Crippen LogP contribution in [0.5, 0.6) is 5.88 Å². The molecule has 1 aromatic rings. The molecule has 2 saturated heterocycles. The van der Waals surface area contributed by atoms with Crippen LogP contribution in [-0.4, -0.2) is 55.7 Å². The number of aromatic nitrogens is 1. The number of ether oxygens (including phenoxy) is 1. The molecule has 1 aromatic heterocycles. The fraction of sp³-hybridized carbons (Fsp3) is 0.643. The van der Waals surface area contributed by atoms with E-state index in [1.165, 1.54) is 10.4 Å². The van der Waals surface area contributed by atoms with Crippen molar-refractivity contribution in [3.63, 3.8) is 0 Å². The highest BCUT2D eigenvalue weighted by Gasteiger charge is 2.35. The summed E-state index contributed by atoms with van der Waals surface area (Å²) in [6.45, 7) is -0.652. The molecule has 1 N–H and O–H groups in total. The van der Waals surface area contributed by atoms with Crippen LogP contribution in [0, 0.1) is 0 Å². The lowest BCUT2D eigenvalue weighted by atomic mass is 10.1. The Hall–Kier alpha value is -1.10. The lowest BCUT2D eigenvalue weighted by Gasteiger charge is -2.23. The molecule has 25 heavy (non-hydrogen) atoms. The van der Waals surface area contributed by atoms with Gasteiger partial charge in [-0.1, -0.05) is 0 Å². The zero-order chi connectivity index (χ0) is 17.4. The summed E-state index contributed by atoms with van der Waals surface area (Å²) in [4.78, 5) is 3.63. The summed E-state index contributed by atoms with van der Waals surface area (Å²) in [5, 5.41) is 3.40. The van der Waals surface area contributed by atoms with Gasteiger partial charge in [-0.3, -0.25) is 0 Å². The second-order valence-electron chi connectivity index (χ2n) is 6.03. The smallest absolute Gasteiger partial charge is 0.422 e. The molecular weight excluding hydrogens is 383 g/mol. The van der Waals surface area contributed by atoms with E-state index < -0.39 is 22.8 Å². The SMILES string of the molecule is Cl.O=S(=O)(c1ccc(OCC(F)(F)F)nc1)N1CCC2CCC(C1)N2. The summed E-state index contributed by atoms with van der Waals surface area (Å²) in [7, 11) is -3.71. The monoisotopic (exact) mass is 401 g/mol. The van der Waals surface area contributed by atoms with Crippen molar-refractivity contribution in [2.45, 2.75) is 42.4 Å². The second kappa shape index (κ2) is 7.65. The summed E-state index contributed by atoms with van der Waals surface area (Å²) in [5.41, 5.74) is 0. The molecule has 3 rings (SSSR count). The summed E-state index contributed by atoms with van der Waals surface area (Å²) in [5.74, 6) is -0.261. The van der Waals surface area contributed by atoms with E-state index in [2.05, 4.69) is 15.0 Å². The number of sulfonamides is 1. The maximum Gasteiger partial charge on any atom is 0.422 e. The molecule has 0 amide bonds. The van der Waals surface area contributed by atoms with E-state index in [0.717, 1.165) is 31.5 Å². The van der Waals surface area contributed by atoms with Gasteiger partial charge in [0.05, 0.1) is 6.20 Å². The first-order valence-electron chi connectivity index (χ1n) is 7.66. The number of fused-ring (bicyclic) bond motifs is 2. The molecule has 2 aliphatic rings. The fourth-order valence-electron chi connectivity index (χ4n) is 3.04. The molecule has 3 heterocycles. The van der Waals surface area contributed by atoms with Crippen LogP contribution in [0.2, 0.25) is 0 Å². The molecule has 11 heteroatoms. The number of nitrogens with one attached hydrogen (secondary N) is 1. The Kier molecular flexibility index (Phi) is 6.18. The third-order valence-electron chi connectivity index (χ3n) is 4.22. The average Bonchev–Trinajstić information content (AvgIpc) is 2.83. The van der Waals surface area contributed by atoms with Crippen molar-refractivity contribution in [1.29, 1.82) is 0 Å². The molecule has 0 spiro atoms. The summed E-state index contributed by atoms with van der Waals surface area (Å²) in [6, 6.07) is 2.87. The normalized spacial score (nSPS) is 24.4. The minimum atomic E-state index is -4.47. The van der Waals surface area contributed by atoms with Crippen LogP contribution in [0.4, 0.5) is 13.2 Å². The standard InChI is InChI=1S/C14H18F3N3O3S.ClH/c15-14(16,17)9-23-13-4-3-12(7-18-13)24(21,22)20-6-5-10-1-2-11(8-20)19-10;/h3-4,7,10-11,19H,1-2,5-6,8-9H2;1H. The lowest BCUT2D eigenvalue weighted by Crippen LogP contribution is -2.39. The number of halogens is 4. The first-order valence-corrected chi connectivity index (χ1v) is 9.10. The zero-order valence-electron chi connectivity index (χ0n) is 13.2. The summed E-state index contributed by atoms with van der Waals surface area (Å²) >= 11 is 0. The van der Waals surface area contributed by atoms with Crippen molar-refractivity contribution in [1.82, 2.24) is 14.6 Å². The fourth-order valence-corrected chi connectivity index (χ4v) is 4.48. The van der Waals surface area contributed by atoms with Gasteiger partial charge in [0.2, 0.25) is 15.9 Å². The lowest BCUT2D eigenvalue weighted by molar-refractivity contribution is -0.154. The Bertz CT molecular complexity index is 685. The molecule has 2 aliphatic heterocycles. The maximum atomic E-state index is 12.7. The van der Waals surface area contributed by atoms with Crippen LogP contribution in [0.3, 0.4) is 0 Å². The van der Waals surface area contributed by atoms with Gasteiger partial charge in [-0.25, -0.2) is 13.4 Å². The van der Waals surface area contributed by atoms with Crippen molar-refractivity contribution in [2.24, 2.45) is 0 Å². The molecule has 2 bridgehead atoms. The van der Waals surface area contributed by atoms with E-state index in [1.54, 1.807) is 0 Å². The van der Waals surface area contributed by atoms with Crippen LogP contribution < -0.4 is 10.1 Å². The Labute approximate surface area is 150 Å². The van der Waals surface area contributed by atoms with Gasteiger partial charge in [-0.05, 0) is 25.3 Å². The Morgan fingerprint density at radius 1 is 1.24 bits per heavy atom. The van der Waals surface area contributed by atoms with Gasteiger partial charge < -0.3 is 10.1 Å². The largest absolute Gasteiger partial charge is 0.468 e. The Morgan fingerprint density at radius 3 is 2.60 bits per heavy atom. The highest BCUT2D eigenvalue weighted by Crippen LogP contribution is 2.25. The molecule has 2 atom stereocenters. The molecule has 2 fully saturated rings. The second-order valence-corrected chi connectivity index (χ2v) is 7.96. The van der Waals surface area contributed by atoms with Crippen LogP contribution in [-0.2, 0) is 10.0 Å². The van der Waals surface area contributed by atoms with Crippen molar-refractivity contribution < 1.29 is 26.3 Å². The highest BCUT2D eigenvalue weighted by atomic mass is 35.5. The minimum Gasteiger partial charge on any atom is -0.468 e. The van der Waals surface area contributed by atoms with Crippen LogP contribution in [0.25, 0.3) is 0 Å². The third-order valence-corrected chi connectivity index (χ3v) is 6.07. The van der Waals surface area contributed by atoms with Crippen molar-refractivity contribution in [3.05, 3.63) is 18.3 Å².